The van der Waals surface area contributed by atoms with Crippen LogP contribution in [0, 0.1) is 11.8 Å². The Morgan fingerprint density at radius 3 is 2.52 bits per heavy atom. The molecular weight excluding hydrogens is 266 g/mol. The summed E-state index contributed by atoms with van der Waals surface area (Å²) < 4.78 is 4.67. The SMILES string of the molecule is COC(=O)c1ccc(N)c(C#Cc2ccc(CO)cc2)c1. The predicted molar refractivity (Wildman–Crippen MR) is 80.5 cm³/mol. The maximum absolute atomic E-state index is 11.5. The second-order valence-corrected chi connectivity index (χ2v) is 4.40. The molecule has 2 aromatic carbocycles. The lowest BCUT2D eigenvalue weighted by atomic mass is 10.1. The number of anilines is 1. The quantitative estimate of drug-likeness (QED) is 0.501. The molecule has 0 aromatic heterocycles. The van der Waals surface area contributed by atoms with E-state index in [4.69, 9.17) is 10.8 Å². The van der Waals surface area contributed by atoms with E-state index in [1.807, 2.05) is 12.1 Å². The van der Waals surface area contributed by atoms with Gasteiger partial charge in [0.1, 0.15) is 0 Å². The second kappa shape index (κ2) is 6.60. The molecule has 0 spiro atoms. The molecule has 0 radical (unpaired) electrons. The van der Waals surface area contributed by atoms with Gasteiger partial charge >= 0.3 is 5.97 Å². The van der Waals surface area contributed by atoms with Gasteiger partial charge < -0.3 is 15.6 Å². The Bertz CT molecular complexity index is 709. The lowest BCUT2D eigenvalue weighted by molar-refractivity contribution is 0.0600. The Hall–Kier alpha value is -2.77. The zero-order chi connectivity index (χ0) is 15.2. The molecule has 0 saturated carbocycles. The van der Waals surface area contributed by atoms with Crippen LogP contribution in [0.3, 0.4) is 0 Å². The van der Waals surface area contributed by atoms with Crippen LogP contribution in [-0.4, -0.2) is 18.2 Å². The van der Waals surface area contributed by atoms with Crippen LogP contribution in [0.2, 0.25) is 0 Å². The van der Waals surface area contributed by atoms with Gasteiger partial charge in [-0.05, 0) is 35.9 Å². The standard InChI is InChI=1S/C17H15NO3/c1-21-17(20)15-8-9-16(18)14(10-15)7-6-12-2-4-13(11-19)5-3-12/h2-5,8-10,19H,11,18H2,1H3. The minimum Gasteiger partial charge on any atom is -0.465 e. The highest BCUT2D eigenvalue weighted by Gasteiger charge is 2.06. The van der Waals surface area contributed by atoms with Crippen molar-refractivity contribution in [2.24, 2.45) is 0 Å². The second-order valence-electron chi connectivity index (χ2n) is 4.40. The highest BCUT2D eigenvalue weighted by Crippen LogP contribution is 2.14. The number of carbonyl (C=O) groups is 1. The number of carbonyl (C=O) groups excluding carboxylic acids is 1. The number of hydrogen-bond acceptors (Lipinski definition) is 4. The summed E-state index contributed by atoms with van der Waals surface area (Å²) in [5.41, 5.74) is 8.96. The number of rotatable bonds is 2. The van der Waals surface area contributed by atoms with Crippen molar-refractivity contribution in [3.8, 4) is 11.8 Å². The normalized spacial score (nSPS) is 9.62. The van der Waals surface area contributed by atoms with E-state index in [-0.39, 0.29) is 6.61 Å². The van der Waals surface area contributed by atoms with E-state index in [1.165, 1.54) is 7.11 Å². The highest BCUT2D eigenvalue weighted by atomic mass is 16.5. The Morgan fingerprint density at radius 1 is 1.19 bits per heavy atom. The fourth-order valence-corrected chi connectivity index (χ4v) is 1.74. The third-order valence-electron chi connectivity index (χ3n) is 2.95. The first-order valence-corrected chi connectivity index (χ1v) is 6.33. The van der Waals surface area contributed by atoms with Crippen LogP contribution in [0.5, 0.6) is 0 Å². The van der Waals surface area contributed by atoms with Gasteiger partial charge in [-0.3, -0.25) is 0 Å². The first kappa shape index (κ1) is 14.6. The molecular formula is C17H15NO3. The molecule has 0 atom stereocenters. The van der Waals surface area contributed by atoms with Crippen molar-refractivity contribution in [2.45, 2.75) is 6.61 Å². The smallest absolute Gasteiger partial charge is 0.337 e. The molecule has 0 aliphatic carbocycles. The van der Waals surface area contributed by atoms with Gasteiger partial charge in [0.2, 0.25) is 0 Å². The van der Waals surface area contributed by atoms with E-state index in [9.17, 15) is 4.79 Å². The minimum atomic E-state index is -0.426. The van der Waals surface area contributed by atoms with E-state index in [0.717, 1.165) is 11.1 Å². The molecule has 2 aromatic rings. The summed E-state index contributed by atoms with van der Waals surface area (Å²) in [6.45, 7) is 0.00182. The number of hydrogen-bond donors (Lipinski definition) is 2. The van der Waals surface area contributed by atoms with Crippen LogP contribution in [-0.2, 0) is 11.3 Å². The van der Waals surface area contributed by atoms with Gasteiger partial charge in [0.05, 0.1) is 19.3 Å². The number of methoxy groups -OCH3 is 1. The lowest BCUT2D eigenvalue weighted by Gasteiger charge is -2.02. The van der Waals surface area contributed by atoms with Gasteiger partial charge in [-0.2, -0.15) is 0 Å². The zero-order valence-corrected chi connectivity index (χ0v) is 11.6. The molecule has 4 nitrogen and oxygen atoms in total. The summed E-state index contributed by atoms with van der Waals surface area (Å²) in [5.74, 6) is 5.49. The minimum absolute atomic E-state index is 0.00182. The summed E-state index contributed by atoms with van der Waals surface area (Å²) in [4.78, 5) is 11.5. The van der Waals surface area contributed by atoms with Crippen molar-refractivity contribution in [3.05, 3.63) is 64.7 Å². The highest BCUT2D eigenvalue weighted by molar-refractivity contribution is 5.90. The van der Waals surface area contributed by atoms with E-state index in [1.54, 1.807) is 30.3 Å². The van der Waals surface area contributed by atoms with Crippen molar-refractivity contribution in [1.29, 1.82) is 0 Å². The molecule has 0 unspecified atom stereocenters. The molecule has 106 valence electrons. The van der Waals surface area contributed by atoms with Crippen LogP contribution in [0.1, 0.15) is 27.0 Å². The fourth-order valence-electron chi connectivity index (χ4n) is 1.74. The first-order valence-electron chi connectivity index (χ1n) is 6.33. The number of ether oxygens (including phenoxy) is 1. The van der Waals surface area contributed by atoms with Crippen molar-refractivity contribution >= 4 is 11.7 Å². The van der Waals surface area contributed by atoms with Crippen LogP contribution < -0.4 is 5.73 Å². The summed E-state index contributed by atoms with van der Waals surface area (Å²) in [5, 5.41) is 8.98. The van der Waals surface area contributed by atoms with Gasteiger partial charge in [0, 0.05) is 16.8 Å². The zero-order valence-electron chi connectivity index (χ0n) is 11.6. The average Bonchev–Trinajstić information content (AvgIpc) is 2.53. The molecule has 4 heteroatoms. The summed E-state index contributed by atoms with van der Waals surface area (Å²) >= 11 is 0. The van der Waals surface area contributed by atoms with Crippen LogP contribution >= 0.6 is 0 Å². The summed E-state index contributed by atoms with van der Waals surface area (Å²) in [6.07, 6.45) is 0. The molecule has 0 heterocycles. The maximum atomic E-state index is 11.5. The maximum Gasteiger partial charge on any atom is 0.337 e. The van der Waals surface area contributed by atoms with Crippen molar-refractivity contribution in [3.63, 3.8) is 0 Å². The average molecular weight is 281 g/mol. The van der Waals surface area contributed by atoms with E-state index in [0.29, 0.717) is 16.8 Å². The Kier molecular flexibility index (Phi) is 4.60. The van der Waals surface area contributed by atoms with Gasteiger partial charge in [-0.15, -0.1) is 0 Å². The Morgan fingerprint density at radius 2 is 1.90 bits per heavy atom. The van der Waals surface area contributed by atoms with Crippen LogP contribution in [0.15, 0.2) is 42.5 Å². The van der Waals surface area contributed by atoms with Crippen molar-refractivity contribution in [2.75, 3.05) is 12.8 Å². The van der Waals surface area contributed by atoms with Gasteiger partial charge in [0.25, 0.3) is 0 Å². The molecule has 0 saturated heterocycles. The third kappa shape index (κ3) is 3.62. The predicted octanol–water partition coefficient (Wildman–Crippen LogP) is 1.95. The number of aliphatic hydroxyl groups is 1. The first-order chi connectivity index (χ1) is 10.1. The molecule has 0 fully saturated rings. The number of nitrogen functional groups attached to an aromatic ring is 1. The molecule has 0 aliphatic heterocycles. The third-order valence-corrected chi connectivity index (χ3v) is 2.95. The number of benzene rings is 2. The fraction of sp³-hybridized carbons (Fsp3) is 0.118. The van der Waals surface area contributed by atoms with Crippen molar-refractivity contribution < 1.29 is 14.6 Å². The number of aliphatic hydroxyl groups excluding tert-OH is 1. The monoisotopic (exact) mass is 281 g/mol. The molecule has 0 amide bonds. The number of esters is 1. The van der Waals surface area contributed by atoms with Gasteiger partial charge in [-0.25, -0.2) is 4.79 Å². The van der Waals surface area contributed by atoms with Crippen molar-refractivity contribution in [1.82, 2.24) is 0 Å². The van der Waals surface area contributed by atoms with E-state index in [2.05, 4.69) is 16.6 Å². The van der Waals surface area contributed by atoms with Gasteiger partial charge in [0.15, 0.2) is 0 Å². The molecule has 0 bridgehead atoms. The number of nitrogens with two attached hydrogens (primary N) is 1. The summed E-state index contributed by atoms with van der Waals surface area (Å²) in [7, 11) is 1.33. The molecule has 21 heavy (non-hydrogen) atoms. The Balaban J connectivity index is 2.30. The van der Waals surface area contributed by atoms with E-state index < -0.39 is 5.97 Å². The Labute approximate surface area is 123 Å². The van der Waals surface area contributed by atoms with E-state index >= 15 is 0 Å². The van der Waals surface area contributed by atoms with Gasteiger partial charge in [-0.1, -0.05) is 24.0 Å². The molecule has 2 rings (SSSR count). The largest absolute Gasteiger partial charge is 0.465 e. The van der Waals surface area contributed by atoms with Crippen LogP contribution in [0.25, 0.3) is 0 Å². The molecule has 3 N–H and O–H groups in total. The molecule has 0 aliphatic rings. The summed E-state index contributed by atoms with van der Waals surface area (Å²) in [6, 6.07) is 12.1. The van der Waals surface area contributed by atoms with Crippen LogP contribution in [0.4, 0.5) is 5.69 Å². The lowest BCUT2D eigenvalue weighted by Crippen LogP contribution is -2.02. The topological polar surface area (TPSA) is 72.5 Å².